The molecule has 0 fully saturated rings. The van der Waals surface area contributed by atoms with Crippen LogP contribution in [0.25, 0.3) is 0 Å². The normalized spacial score (nSPS) is 12.3. The first kappa shape index (κ1) is 19.9. The fourth-order valence-electron chi connectivity index (χ4n) is 2.74. The van der Waals surface area contributed by atoms with Gasteiger partial charge in [0.25, 0.3) is 0 Å². The van der Waals surface area contributed by atoms with E-state index in [0.29, 0.717) is 0 Å². The molecule has 0 radical (unpaired) electrons. The molecule has 2 amide bonds. The Morgan fingerprint density at radius 2 is 1.43 bits per heavy atom. The van der Waals surface area contributed by atoms with Gasteiger partial charge in [0, 0.05) is 39.5 Å². The summed E-state index contributed by atoms with van der Waals surface area (Å²) in [5, 5.41) is 0. The summed E-state index contributed by atoms with van der Waals surface area (Å²) in [6.45, 7) is 6.98. The van der Waals surface area contributed by atoms with Crippen LogP contribution in [0.15, 0.2) is 0 Å². The van der Waals surface area contributed by atoms with E-state index >= 15 is 0 Å². The van der Waals surface area contributed by atoms with Crippen molar-refractivity contribution in [2.75, 3.05) is 27.7 Å². The third-order valence-corrected chi connectivity index (χ3v) is 4.18. The van der Waals surface area contributed by atoms with Crippen LogP contribution in [-0.2, 0) is 9.59 Å². The molecule has 0 aliphatic rings. The second-order valence-corrected chi connectivity index (χ2v) is 6.13. The highest BCUT2D eigenvalue weighted by atomic mass is 16.2. The van der Waals surface area contributed by atoms with E-state index in [1.165, 1.54) is 0 Å². The average Bonchev–Trinajstić information content (AvgIpc) is 2.46. The minimum Gasteiger partial charge on any atom is -0.349 e. The molecule has 4 heteroatoms. The predicted molar refractivity (Wildman–Crippen MR) is 88.0 cm³/mol. The molecular formula is C17H34N2O2. The van der Waals surface area contributed by atoms with Crippen molar-refractivity contribution >= 4 is 11.8 Å². The van der Waals surface area contributed by atoms with Crippen molar-refractivity contribution in [3.63, 3.8) is 0 Å². The fourth-order valence-corrected chi connectivity index (χ4v) is 2.74. The Balaban J connectivity index is 4.31. The van der Waals surface area contributed by atoms with Gasteiger partial charge in [-0.3, -0.25) is 9.59 Å². The van der Waals surface area contributed by atoms with E-state index in [-0.39, 0.29) is 23.7 Å². The SMILES string of the molecule is CCCC(CCCN(C)C(=O)C(CC)CC)C(=O)N(C)C. The van der Waals surface area contributed by atoms with Crippen LogP contribution in [0, 0.1) is 11.8 Å². The highest BCUT2D eigenvalue weighted by Gasteiger charge is 2.21. The molecule has 0 saturated carbocycles. The van der Waals surface area contributed by atoms with E-state index in [9.17, 15) is 9.59 Å². The highest BCUT2D eigenvalue weighted by molar-refractivity contribution is 5.79. The minimum absolute atomic E-state index is 0.0987. The number of amides is 2. The Hall–Kier alpha value is -1.06. The Morgan fingerprint density at radius 1 is 0.857 bits per heavy atom. The molecule has 21 heavy (non-hydrogen) atoms. The van der Waals surface area contributed by atoms with Crippen molar-refractivity contribution in [3.05, 3.63) is 0 Å². The lowest BCUT2D eigenvalue weighted by atomic mass is 9.96. The molecule has 1 atom stereocenters. The van der Waals surface area contributed by atoms with E-state index in [1.807, 2.05) is 26.0 Å². The summed E-state index contributed by atoms with van der Waals surface area (Å²) in [6, 6.07) is 0. The van der Waals surface area contributed by atoms with Crippen LogP contribution in [0.3, 0.4) is 0 Å². The quantitative estimate of drug-likeness (QED) is 0.621. The Kier molecular flexibility index (Phi) is 10.1. The molecule has 124 valence electrons. The summed E-state index contributed by atoms with van der Waals surface area (Å²) in [6.07, 6.45) is 5.51. The molecule has 0 rings (SSSR count). The maximum atomic E-state index is 12.2. The second kappa shape index (κ2) is 10.6. The number of hydrogen-bond acceptors (Lipinski definition) is 2. The smallest absolute Gasteiger partial charge is 0.225 e. The number of hydrogen-bond donors (Lipinski definition) is 0. The standard InChI is InChI=1S/C17H34N2O2/c1-7-11-15(16(20)18(4)5)12-10-13-19(6)17(21)14(8-2)9-3/h14-15H,7-13H2,1-6H3. The van der Waals surface area contributed by atoms with Gasteiger partial charge in [0.05, 0.1) is 0 Å². The summed E-state index contributed by atoms with van der Waals surface area (Å²) >= 11 is 0. The number of carbonyl (C=O) groups excluding carboxylic acids is 2. The lowest BCUT2D eigenvalue weighted by molar-refractivity contribution is -0.134. The Labute approximate surface area is 130 Å². The van der Waals surface area contributed by atoms with E-state index in [1.54, 1.807) is 4.90 Å². The lowest BCUT2D eigenvalue weighted by Gasteiger charge is -2.24. The lowest BCUT2D eigenvalue weighted by Crippen LogP contribution is -2.34. The van der Waals surface area contributed by atoms with Crippen molar-refractivity contribution in [1.82, 2.24) is 9.80 Å². The zero-order valence-electron chi connectivity index (χ0n) is 14.8. The van der Waals surface area contributed by atoms with Gasteiger partial charge >= 0.3 is 0 Å². The molecular weight excluding hydrogens is 264 g/mol. The second-order valence-electron chi connectivity index (χ2n) is 6.13. The van der Waals surface area contributed by atoms with E-state index in [4.69, 9.17) is 0 Å². The van der Waals surface area contributed by atoms with Gasteiger partial charge in [-0.05, 0) is 32.1 Å². The molecule has 0 aromatic carbocycles. The van der Waals surface area contributed by atoms with Gasteiger partial charge in [0.2, 0.25) is 11.8 Å². The topological polar surface area (TPSA) is 40.6 Å². The van der Waals surface area contributed by atoms with Crippen LogP contribution in [0.1, 0.15) is 59.3 Å². The minimum atomic E-state index is 0.0987. The molecule has 0 aliphatic heterocycles. The third kappa shape index (κ3) is 6.96. The molecule has 0 saturated heterocycles. The summed E-state index contributed by atoms with van der Waals surface area (Å²) in [5.74, 6) is 0.697. The van der Waals surface area contributed by atoms with Crippen molar-refractivity contribution in [3.8, 4) is 0 Å². The van der Waals surface area contributed by atoms with Crippen molar-refractivity contribution in [1.29, 1.82) is 0 Å². The van der Waals surface area contributed by atoms with Gasteiger partial charge in [-0.2, -0.15) is 0 Å². The first-order valence-electron chi connectivity index (χ1n) is 8.34. The van der Waals surface area contributed by atoms with Gasteiger partial charge < -0.3 is 9.80 Å². The summed E-state index contributed by atoms with van der Waals surface area (Å²) < 4.78 is 0. The van der Waals surface area contributed by atoms with Crippen molar-refractivity contribution in [2.45, 2.75) is 59.3 Å². The summed E-state index contributed by atoms with van der Waals surface area (Å²) in [5.41, 5.74) is 0. The van der Waals surface area contributed by atoms with E-state index in [2.05, 4.69) is 20.8 Å². The molecule has 0 N–H and O–H groups in total. The predicted octanol–water partition coefficient (Wildman–Crippen LogP) is 3.17. The maximum Gasteiger partial charge on any atom is 0.225 e. The number of carbonyl (C=O) groups is 2. The molecule has 1 unspecified atom stereocenters. The van der Waals surface area contributed by atoms with Gasteiger partial charge in [0.1, 0.15) is 0 Å². The number of nitrogens with zero attached hydrogens (tertiary/aromatic N) is 2. The molecule has 0 spiro atoms. The van der Waals surface area contributed by atoms with E-state index < -0.39 is 0 Å². The largest absolute Gasteiger partial charge is 0.349 e. The fraction of sp³-hybridized carbons (Fsp3) is 0.882. The average molecular weight is 298 g/mol. The van der Waals surface area contributed by atoms with Crippen LogP contribution < -0.4 is 0 Å². The van der Waals surface area contributed by atoms with Gasteiger partial charge in [-0.15, -0.1) is 0 Å². The summed E-state index contributed by atoms with van der Waals surface area (Å²) in [7, 11) is 5.50. The van der Waals surface area contributed by atoms with Gasteiger partial charge in [-0.25, -0.2) is 0 Å². The van der Waals surface area contributed by atoms with Gasteiger partial charge in [0.15, 0.2) is 0 Å². The molecule has 4 nitrogen and oxygen atoms in total. The first-order valence-corrected chi connectivity index (χ1v) is 8.34. The van der Waals surface area contributed by atoms with Crippen molar-refractivity contribution < 1.29 is 9.59 Å². The zero-order chi connectivity index (χ0) is 16.4. The molecule has 0 aliphatic carbocycles. The Bertz CT molecular complexity index is 312. The van der Waals surface area contributed by atoms with Crippen LogP contribution >= 0.6 is 0 Å². The van der Waals surface area contributed by atoms with Crippen LogP contribution in [0.5, 0.6) is 0 Å². The zero-order valence-corrected chi connectivity index (χ0v) is 14.8. The molecule has 0 heterocycles. The maximum absolute atomic E-state index is 12.2. The van der Waals surface area contributed by atoms with Crippen LogP contribution in [0.2, 0.25) is 0 Å². The van der Waals surface area contributed by atoms with Crippen molar-refractivity contribution in [2.24, 2.45) is 11.8 Å². The molecule has 0 bridgehead atoms. The van der Waals surface area contributed by atoms with Gasteiger partial charge in [-0.1, -0.05) is 27.2 Å². The Morgan fingerprint density at radius 3 is 1.86 bits per heavy atom. The molecule has 0 aromatic rings. The number of rotatable bonds is 10. The third-order valence-electron chi connectivity index (χ3n) is 4.18. The van der Waals surface area contributed by atoms with Crippen LogP contribution in [0.4, 0.5) is 0 Å². The molecule has 0 aromatic heterocycles. The first-order chi connectivity index (χ1) is 9.88. The summed E-state index contributed by atoms with van der Waals surface area (Å²) in [4.78, 5) is 27.8. The van der Waals surface area contributed by atoms with E-state index in [0.717, 1.165) is 45.1 Å². The monoisotopic (exact) mass is 298 g/mol. The van der Waals surface area contributed by atoms with Crippen LogP contribution in [-0.4, -0.2) is 49.3 Å². The highest BCUT2D eigenvalue weighted by Crippen LogP contribution is 2.17.